The third-order valence-corrected chi connectivity index (χ3v) is 5.23. The summed E-state index contributed by atoms with van der Waals surface area (Å²) in [5.41, 5.74) is 0.718. The molecule has 8 nitrogen and oxygen atoms in total. The van der Waals surface area contributed by atoms with Gasteiger partial charge in [-0.3, -0.25) is 14.7 Å². The van der Waals surface area contributed by atoms with Crippen molar-refractivity contribution in [1.82, 2.24) is 25.0 Å². The zero-order chi connectivity index (χ0) is 18.4. The van der Waals surface area contributed by atoms with E-state index in [2.05, 4.69) is 22.4 Å². The van der Waals surface area contributed by atoms with Gasteiger partial charge in [0.2, 0.25) is 5.95 Å². The number of hydrogen-bond donors (Lipinski definition) is 1. The molecule has 0 saturated carbocycles. The lowest BCUT2D eigenvalue weighted by atomic mass is 10.1. The van der Waals surface area contributed by atoms with Crippen molar-refractivity contribution in [3.05, 3.63) is 29.3 Å². The highest BCUT2D eigenvalue weighted by molar-refractivity contribution is 6.33. The average Bonchev–Trinajstić information content (AvgIpc) is 3.17. The van der Waals surface area contributed by atoms with Crippen molar-refractivity contribution in [2.45, 2.75) is 32.0 Å². The number of aromatic nitrogens is 3. The van der Waals surface area contributed by atoms with E-state index in [4.69, 9.17) is 11.6 Å². The van der Waals surface area contributed by atoms with Crippen LogP contribution in [0, 0.1) is 0 Å². The molecule has 0 aliphatic carbocycles. The van der Waals surface area contributed by atoms with E-state index in [1.807, 2.05) is 27.7 Å². The van der Waals surface area contributed by atoms with Crippen LogP contribution < -0.4 is 10.2 Å². The quantitative estimate of drug-likeness (QED) is 0.887. The molecule has 2 unspecified atom stereocenters. The van der Waals surface area contributed by atoms with E-state index in [9.17, 15) is 9.59 Å². The van der Waals surface area contributed by atoms with Crippen LogP contribution >= 0.6 is 11.6 Å². The minimum atomic E-state index is -0.531. The molecule has 1 aromatic heterocycles. The number of halogens is 1. The number of carbonyl (C=O) groups is 2. The molecule has 2 aliphatic heterocycles. The SMILES string of the molecule is CCCCN1c2nnc(-c3ccccc3Cl)n2C2C1C(=O)NC(=O)N2C. The van der Waals surface area contributed by atoms with Gasteiger partial charge in [-0.1, -0.05) is 37.1 Å². The Balaban J connectivity index is 1.88. The Morgan fingerprint density at radius 2 is 2.00 bits per heavy atom. The molecule has 1 N–H and O–H groups in total. The highest BCUT2D eigenvalue weighted by Gasteiger charge is 2.52. The summed E-state index contributed by atoms with van der Waals surface area (Å²) in [7, 11) is 1.67. The smallest absolute Gasteiger partial charge is 0.325 e. The second-order valence-electron chi connectivity index (χ2n) is 6.48. The van der Waals surface area contributed by atoms with E-state index < -0.39 is 18.2 Å². The van der Waals surface area contributed by atoms with Crippen molar-refractivity contribution in [3.8, 4) is 11.4 Å². The van der Waals surface area contributed by atoms with Gasteiger partial charge in [-0.2, -0.15) is 0 Å². The number of unbranched alkanes of at least 4 members (excludes halogenated alkanes) is 1. The summed E-state index contributed by atoms with van der Waals surface area (Å²) >= 11 is 6.35. The van der Waals surface area contributed by atoms with Crippen molar-refractivity contribution < 1.29 is 9.59 Å². The van der Waals surface area contributed by atoms with Crippen LogP contribution in [0.5, 0.6) is 0 Å². The number of amides is 3. The van der Waals surface area contributed by atoms with Gasteiger partial charge < -0.3 is 9.80 Å². The number of carbonyl (C=O) groups excluding carboxylic acids is 2. The standard InChI is InChI=1S/C17H19ClN6O2/c1-3-4-9-23-12-14(25)19-17(26)22(2)15(12)24-13(20-21-16(23)24)10-7-5-6-8-11(10)18/h5-8,12,15H,3-4,9H2,1-2H3,(H,19,25,26). The molecule has 2 atom stereocenters. The Labute approximate surface area is 155 Å². The molecule has 0 spiro atoms. The molecular formula is C17H19ClN6O2. The first kappa shape index (κ1) is 16.8. The van der Waals surface area contributed by atoms with Crippen LogP contribution in [0.2, 0.25) is 5.02 Å². The number of fused-ring (bicyclic) bond motifs is 3. The van der Waals surface area contributed by atoms with Crippen molar-refractivity contribution in [2.75, 3.05) is 18.5 Å². The predicted octanol–water partition coefficient (Wildman–Crippen LogP) is 2.27. The van der Waals surface area contributed by atoms with Gasteiger partial charge in [-0.25, -0.2) is 4.79 Å². The molecule has 0 bridgehead atoms. The first-order chi connectivity index (χ1) is 12.5. The lowest BCUT2D eigenvalue weighted by Crippen LogP contribution is -2.61. The van der Waals surface area contributed by atoms with Crippen molar-refractivity contribution in [3.63, 3.8) is 0 Å². The normalized spacial score (nSPS) is 21.7. The minimum absolute atomic E-state index is 0.315. The number of likely N-dealkylation sites (N-methyl/N-ethyl adjacent to an activating group) is 1. The summed E-state index contributed by atoms with van der Waals surface area (Å²) in [6.45, 7) is 2.75. The Kier molecular flexibility index (Phi) is 4.07. The van der Waals surface area contributed by atoms with Gasteiger partial charge in [0.25, 0.3) is 5.91 Å². The van der Waals surface area contributed by atoms with Crippen molar-refractivity contribution >= 4 is 29.5 Å². The minimum Gasteiger partial charge on any atom is -0.325 e. The van der Waals surface area contributed by atoms with Crippen LogP contribution in [-0.4, -0.2) is 51.2 Å². The fraction of sp³-hybridized carbons (Fsp3) is 0.412. The Hall–Kier alpha value is -2.61. The van der Waals surface area contributed by atoms with Crippen LogP contribution in [0.1, 0.15) is 25.9 Å². The molecule has 2 aromatic rings. The number of hydrogen-bond acceptors (Lipinski definition) is 5. The van der Waals surface area contributed by atoms with Gasteiger partial charge in [0.15, 0.2) is 11.9 Å². The highest BCUT2D eigenvalue weighted by Crippen LogP contribution is 2.41. The van der Waals surface area contributed by atoms with Gasteiger partial charge >= 0.3 is 6.03 Å². The van der Waals surface area contributed by atoms with Crippen LogP contribution in [0.3, 0.4) is 0 Å². The summed E-state index contributed by atoms with van der Waals surface area (Å²) in [6, 6.07) is 6.38. The fourth-order valence-corrected chi connectivity index (χ4v) is 3.81. The maximum atomic E-state index is 12.6. The van der Waals surface area contributed by atoms with Crippen LogP contribution in [0.15, 0.2) is 24.3 Å². The van der Waals surface area contributed by atoms with E-state index in [-0.39, 0.29) is 5.91 Å². The van der Waals surface area contributed by atoms with Crippen LogP contribution in [-0.2, 0) is 4.79 Å². The third kappa shape index (κ3) is 2.36. The maximum absolute atomic E-state index is 12.6. The van der Waals surface area contributed by atoms with E-state index in [1.165, 1.54) is 4.90 Å². The van der Waals surface area contributed by atoms with E-state index >= 15 is 0 Å². The summed E-state index contributed by atoms with van der Waals surface area (Å²) < 4.78 is 1.85. The second kappa shape index (κ2) is 6.28. The predicted molar refractivity (Wildman–Crippen MR) is 96.8 cm³/mol. The lowest BCUT2D eigenvalue weighted by molar-refractivity contribution is -0.124. The molecule has 26 heavy (non-hydrogen) atoms. The van der Waals surface area contributed by atoms with Gasteiger partial charge in [0, 0.05) is 19.2 Å². The van der Waals surface area contributed by atoms with Crippen LogP contribution in [0.4, 0.5) is 10.7 Å². The van der Waals surface area contributed by atoms with Gasteiger partial charge in [-0.15, -0.1) is 10.2 Å². The molecule has 0 radical (unpaired) electrons. The topological polar surface area (TPSA) is 83.4 Å². The van der Waals surface area contributed by atoms with Gasteiger partial charge in [-0.05, 0) is 18.6 Å². The molecule has 1 aromatic carbocycles. The highest BCUT2D eigenvalue weighted by atomic mass is 35.5. The van der Waals surface area contributed by atoms with Crippen LogP contribution in [0.25, 0.3) is 11.4 Å². The Morgan fingerprint density at radius 3 is 2.73 bits per heavy atom. The molecule has 1 fully saturated rings. The molecule has 136 valence electrons. The number of anilines is 1. The maximum Gasteiger partial charge on any atom is 0.325 e. The largest absolute Gasteiger partial charge is 0.325 e. The molecule has 9 heteroatoms. The summed E-state index contributed by atoms with van der Waals surface area (Å²) in [5, 5.41) is 11.6. The number of nitrogens with one attached hydrogen (secondary N) is 1. The number of rotatable bonds is 4. The molecule has 3 heterocycles. The monoisotopic (exact) mass is 374 g/mol. The zero-order valence-corrected chi connectivity index (χ0v) is 15.3. The summed E-state index contributed by atoms with van der Waals surface area (Å²) in [6.07, 6.45) is 1.38. The van der Waals surface area contributed by atoms with E-state index in [0.29, 0.717) is 23.3 Å². The number of benzene rings is 1. The molecule has 3 amide bonds. The van der Waals surface area contributed by atoms with Gasteiger partial charge in [0.05, 0.1) is 5.02 Å². The number of nitrogens with zero attached hydrogens (tertiary/aromatic N) is 5. The molecule has 4 rings (SSSR count). The zero-order valence-electron chi connectivity index (χ0n) is 14.5. The third-order valence-electron chi connectivity index (χ3n) is 4.90. The summed E-state index contributed by atoms with van der Waals surface area (Å²) in [5.74, 6) is 0.818. The Morgan fingerprint density at radius 1 is 1.23 bits per heavy atom. The number of imide groups is 1. The lowest BCUT2D eigenvalue weighted by Gasteiger charge is -2.37. The van der Waals surface area contributed by atoms with Crippen molar-refractivity contribution in [2.24, 2.45) is 0 Å². The van der Waals surface area contributed by atoms with Crippen molar-refractivity contribution in [1.29, 1.82) is 0 Å². The van der Waals surface area contributed by atoms with Gasteiger partial charge in [0.1, 0.15) is 6.17 Å². The Bertz CT molecular complexity index is 882. The molecule has 1 saturated heterocycles. The first-order valence-corrected chi connectivity index (χ1v) is 8.96. The average molecular weight is 375 g/mol. The fourth-order valence-electron chi connectivity index (χ4n) is 3.59. The molecular weight excluding hydrogens is 356 g/mol. The second-order valence-corrected chi connectivity index (χ2v) is 6.89. The van der Waals surface area contributed by atoms with E-state index in [1.54, 1.807) is 13.1 Å². The summed E-state index contributed by atoms with van der Waals surface area (Å²) in [4.78, 5) is 28.3. The number of urea groups is 1. The first-order valence-electron chi connectivity index (χ1n) is 8.58. The molecule has 2 aliphatic rings. The van der Waals surface area contributed by atoms with E-state index in [0.717, 1.165) is 18.4 Å².